The molecule has 1 atom stereocenters. The summed E-state index contributed by atoms with van der Waals surface area (Å²) in [6, 6.07) is 4.05. The minimum Gasteiger partial charge on any atom is -0.338 e. The molecule has 0 aromatic carbocycles. The fourth-order valence-electron chi connectivity index (χ4n) is 2.95. The quantitative estimate of drug-likeness (QED) is 0.730. The molecule has 0 bridgehead atoms. The monoisotopic (exact) mass is 386 g/mol. The van der Waals surface area contributed by atoms with Crippen LogP contribution in [0.1, 0.15) is 35.6 Å². The summed E-state index contributed by atoms with van der Waals surface area (Å²) in [7, 11) is 0. The third-order valence-electron chi connectivity index (χ3n) is 4.38. The van der Waals surface area contributed by atoms with Crippen LogP contribution in [0.3, 0.4) is 0 Å². The molecule has 3 aromatic heterocycles. The van der Waals surface area contributed by atoms with Crippen LogP contribution in [0.4, 0.5) is 5.88 Å². The summed E-state index contributed by atoms with van der Waals surface area (Å²) in [6.07, 6.45) is 0. The largest absolute Gasteiger partial charge is 0.338 e. The van der Waals surface area contributed by atoms with Gasteiger partial charge in [0.05, 0.1) is 17.0 Å². The van der Waals surface area contributed by atoms with E-state index in [2.05, 4.69) is 20.7 Å². The Labute approximate surface area is 158 Å². The molecule has 4 rings (SSSR count). The molecule has 27 heavy (non-hydrogen) atoms. The van der Waals surface area contributed by atoms with E-state index < -0.39 is 11.9 Å². The van der Waals surface area contributed by atoms with Crippen LogP contribution in [0.15, 0.2) is 27.5 Å². The number of aryl methyl sites for hydroxylation is 2. The van der Waals surface area contributed by atoms with Gasteiger partial charge in [-0.2, -0.15) is 16.9 Å². The van der Waals surface area contributed by atoms with Crippen LogP contribution in [0.5, 0.6) is 0 Å². The highest BCUT2D eigenvalue weighted by molar-refractivity contribution is 7.98. The van der Waals surface area contributed by atoms with Crippen molar-refractivity contribution in [3.05, 3.63) is 51.2 Å². The van der Waals surface area contributed by atoms with Crippen molar-refractivity contribution in [3.63, 3.8) is 0 Å². The van der Waals surface area contributed by atoms with Crippen molar-refractivity contribution < 1.29 is 9.32 Å². The number of anilines is 1. The SMILES string of the molecule is Cc1cc(C)n(-c2ccc(=O)n(C(C)C(=O)Nc3onc4c3CSC4)n2)n1. The molecule has 0 aliphatic carbocycles. The number of aromatic nitrogens is 5. The van der Waals surface area contributed by atoms with E-state index in [0.29, 0.717) is 11.7 Å². The van der Waals surface area contributed by atoms with Crippen LogP contribution >= 0.6 is 11.8 Å². The van der Waals surface area contributed by atoms with Crippen molar-refractivity contribution in [2.24, 2.45) is 0 Å². The molecule has 1 amide bonds. The summed E-state index contributed by atoms with van der Waals surface area (Å²) < 4.78 is 8.00. The zero-order chi connectivity index (χ0) is 19.1. The van der Waals surface area contributed by atoms with E-state index in [1.54, 1.807) is 29.4 Å². The fourth-order valence-corrected chi connectivity index (χ4v) is 3.97. The summed E-state index contributed by atoms with van der Waals surface area (Å²) in [5.41, 5.74) is 3.11. The molecule has 140 valence electrons. The second-order valence-corrected chi connectivity index (χ2v) is 7.39. The maximum Gasteiger partial charge on any atom is 0.267 e. The number of nitrogens with one attached hydrogen (secondary N) is 1. The molecule has 1 unspecified atom stereocenters. The minimum absolute atomic E-state index is 0.342. The Balaban J connectivity index is 1.62. The number of amides is 1. The lowest BCUT2D eigenvalue weighted by Gasteiger charge is -2.14. The van der Waals surface area contributed by atoms with Gasteiger partial charge in [-0.25, -0.2) is 9.36 Å². The molecule has 0 spiro atoms. The number of thioether (sulfide) groups is 1. The third-order valence-corrected chi connectivity index (χ3v) is 5.35. The van der Waals surface area contributed by atoms with Crippen molar-refractivity contribution in [2.75, 3.05) is 5.32 Å². The van der Waals surface area contributed by atoms with Gasteiger partial charge in [0.15, 0.2) is 5.82 Å². The standard InChI is InChI=1S/C17H18N6O3S/c1-9-6-10(2)22(19-9)14-4-5-15(24)23(20-14)11(3)16(25)18-17-12-7-27-8-13(12)21-26-17/h4-6,11H,7-8H2,1-3H3,(H,18,25). The van der Waals surface area contributed by atoms with E-state index in [1.165, 1.54) is 6.07 Å². The first-order valence-electron chi connectivity index (χ1n) is 8.43. The van der Waals surface area contributed by atoms with Gasteiger partial charge in [-0.15, -0.1) is 5.10 Å². The van der Waals surface area contributed by atoms with Crippen molar-refractivity contribution in [1.82, 2.24) is 24.7 Å². The Morgan fingerprint density at radius 2 is 2.11 bits per heavy atom. The molecule has 1 aliphatic rings. The van der Waals surface area contributed by atoms with Gasteiger partial charge in [-0.05, 0) is 32.9 Å². The van der Waals surface area contributed by atoms with Crippen molar-refractivity contribution in [2.45, 2.75) is 38.3 Å². The lowest BCUT2D eigenvalue weighted by atomic mass is 10.2. The average Bonchev–Trinajstić information content (AvgIpc) is 3.32. The molecule has 1 N–H and O–H groups in total. The number of carbonyl (C=O) groups is 1. The van der Waals surface area contributed by atoms with Gasteiger partial charge in [0, 0.05) is 23.3 Å². The van der Waals surface area contributed by atoms with Gasteiger partial charge in [-0.3, -0.25) is 14.9 Å². The molecular weight excluding hydrogens is 368 g/mol. The normalized spacial score (nSPS) is 14.2. The zero-order valence-electron chi connectivity index (χ0n) is 15.1. The van der Waals surface area contributed by atoms with E-state index in [9.17, 15) is 9.59 Å². The third kappa shape index (κ3) is 3.16. The second-order valence-electron chi connectivity index (χ2n) is 6.41. The summed E-state index contributed by atoms with van der Waals surface area (Å²) in [5.74, 6) is 1.93. The van der Waals surface area contributed by atoms with E-state index in [1.807, 2.05) is 19.9 Å². The Bertz CT molecular complexity index is 1080. The molecule has 0 fully saturated rings. The molecule has 1 aliphatic heterocycles. The van der Waals surface area contributed by atoms with Crippen LogP contribution in [0, 0.1) is 13.8 Å². The van der Waals surface area contributed by atoms with E-state index in [4.69, 9.17) is 4.52 Å². The summed E-state index contributed by atoms with van der Waals surface area (Å²) in [6.45, 7) is 5.39. The molecule has 0 saturated carbocycles. The predicted molar refractivity (Wildman–Crippen MR) is 99.9 cm³/mol. The maximum atomic E-state index is 12.7. The first-order chi connectivity index (χ1) is 12.9. The van der Waals surface area contributed by atoms with Gasteiger partial charge >= 0.3 is 0 Å². The Morgan fingerprint density at radius 3 is 2.85 bits per heavy atom. The van der Waals surface area contributed by atoms with Crippen LogP contribution < -0.4 is 10.9 Å². The Kier molecular flexibility index (Phi) is 4.34. The van der Waals surface area contributed by atoms with Gasteiger partial charge in [-0.1, -0.05) is 5.16 Å². The first kappa shape index (κ1) is 17.5. The van der Waals surface area contributed by atoms with Gasteiger partial charge in [0.1, 0.15) is 6.04 Å². The summed E-state index contributed by atoms with van der Waals surface area (Å²) in [4.78, 5) is 24.9. The molecular formula is C17H18N6O3S. The molecule has 4 heterocycles. The number of hydrogen-bond donors (Lipinski definition) is 1. The molecule has 0 saturated heterocycles. The van der Waals surface area contributed by atoms with Crippen LogP contribution in [-0.4, -0.2) is 30.6 Å². The Morgan fingerprint density at radius 1 is 1.30 bits per heavy atom. The first-order valence-corrected chi connectivity index (χ1v) is 9.59. The maximum absolute atomic E-state index is 12.7. The highest BCUT2D eigenvalue weighted by Crippen LogP contribution is 2.34. The lowest BCUT2D eigenvalue weighted by Crippen LogP contribution is -2.33. The predicted octanol–water partition coefficient (Wildman–Crippen LogP) is 1.98. The highest BCUT2D eigenvalue weighted by Gasteiger charge is 2.25. The fraction of sp³-hybridized carbons (Fsp3) is 0.353. The number of rotatable bonds is 4. The Hall–Kier alpha value is -2.88. The van der Waals surface area contributed by atoms with E-state index >= 15 is 0 Å². The van der Waals surface area contributed by atoms with Crippen LogP contribution in [-0.2, 0) is 16.3 Å². The number of nitrogens with zero attached hydrogens (tertiary/aromatic N) is 5. The smallest absolute Gasteiger partial charge is 0.267 e. The van der Waals surface area contributed by atoms with E-state index in [0.717, 1.165) is 38.8 Å². The van der Waals surface area contributed by atoms with Crippen LogP contribution in [0.2, 0.25) is 0 Å². The number of hydrogen-bond acceptors (Lipinski definition) is 7. The highest BCUT2D eigenvalue weighted by atomic mass is 32.2. The lowest BCUT2D eigenvalue weighted by molar-refractivity contribution is -0.119. The summed E-state index contributed by atoms with van der Waals surface area (Å²) in [5, 5.41) is 15.4. The van der Waals surface area contributed by atoms with Crippen molar-refractivity contribution in [1.29, 1.82) is 0 Å². The topological polar surface area (TPSA) is 108 Å². The second kappa shape index (κ2) is 6.69. The van der Waals surface area contributed by atoms with E-state index in [-0.39, 0.29) is 5.56 Å². The molecule has 0 radical (unpaired) electrons. The average molecular weight is 386 g/mol. The molecule has 10 heteroatoms. The van der Waals surface area contributed by atoms with Crippen LogP contribution in [0.25, 0.3) is 5.82 Å². The van der Waals surface area contributed by atoms with Gasteiger partial charge in [0.2, 0.25) is 5.88 Å². The number of fused-ring (bicyclic) bond motifs is 1. The van der Waals surface area contributed by atoms with Crippen molar-refractivity contribution >= 4 is 23.6 Å². The zero-order valence-corrected chi connectivity index (χ0v) is 15.9. The number of carbonyl (C=O) groups excluding carboxylic acids is 1. The van der Waals surface area contributed by atoms with Gasteiger partial charge in [0.25, 0.3) is 11.5 Å². The molecule has 9 nitrogen and oxygen atoms in total. The molecule has 3 aromatic rings. The minimum atomic E-state index is -0.829. The van der Waals surface area contributed by atoms with Crippen molar-refractivity contribution in [3.8, 4) is 5.82 Å². The summed E-state index contributed by atoms with van der Waals surface area (Å²) >= 11 is 1.71. The van der Waals surface area contributed by atoms with Gasteiger partial charge < -0.3 is 4.52 Å².